The van der Waals surface area contributed by atoms with Crippen molar-refractivity contribution in [2.24, 2.45) is 0 Å². The van der Waals surface area contributed by atoms with Crippen LogP contribution in [-0.4, -0.2) is 30.8 Å². The van der Waals surface area contributed by atoms with Crippen LogP contribution in [0.4, 0.5) is 0 Å². The minimum absolute atomic E-state index is 0.0474. The maximum Gasteiger partial charge on any atom is 0.356 e. The van der Waals surface area contributed by atoms with Gasteiger partial charge in [0.25, 0.3) is 0 Å². The number of carboxylic acids is 1. The molecule has 4 rings (SSSR count). The lowest BCUT2D eigenvalue weighted by molar-refractivity contribution is 0.0690. The number of fused-ring (bicyclic) bond motifs is 1. The summed E-state index contributed by atoms with van der Waals surface area (Å²) in [5.74, 6) is 1.14. The third-order valence-corrected chi connectivity index (χ3v) is 4.15. The maximum absolute atomic E-state index is 11.0. The molecule has 0 aromatic carbocycles. The number of hydrogen-bond acceptors (Lipinski definition) is 4. The summed E-state index contributed by atoms with van der Waals surface area (Å²) in [5.41, 5.74) is 2.30. The predicted molar refractivity (Wildman–Crippen MR) is 74.7 cm³/mol. The third-order valence-electron chi connectivity index (χ3n) is 4.15. The number of carbonyl (C=O) groups is 1. The number of carboxylic acid groups (broad SMARTS) is 1. The predicted octanol–water partition coefficient (Wildman–Crippen LogP) is 2.12. The first-order valence-electron chi connectivity index (χ1n) is 7.41. The lowest BCUT2D eigenvalue weighted by Crippen LogP contribution is -2.15. The number of aryl methyl sites for hydroxylation is 1. The van der Waals surface area contributed by atoms with Gasteiger partial charge in [0, 0.05) is 23.4 Å². The number of nitrogens with zero attached hydrogens (tertiary/aromatic N) is 4. The van der Waals surface area contributed by atoms with Crippen molar-refractivity contribution in [3.8, 4) is 5.82 Å². The Balaban J connectivity index is 1.84. The molecule has 0 atom stereocenters. The van der Waals surface area contributed by atoms with Gasteiger partial charge in [-0.15, -0.1) is 0 Å². The zero-order valence-electron chi connectivity index (χ0n) is 11.6. The molecule has 0 saturated heterocycles. The van der Waals surface area contributed by atoms with Crippen LogP contribution in [-0.2, 0) is 12.8 Å². The monoisotopic (exact) mass is 284 g/mol. The molecule has 1 saturated carbocycles. The summed E-state index contributed by atoms with van der Waals surface area (Å²) in [6, 6.07) is 1.51. The average Bonchev–Trinajstić information content (AvgIpc) is 3.23. The van der Waals surface area contributed by atoms with E-state index in [1.165, 1.54) is 6.07 Å². The molecule has 2 aliphatic carbocycles. The lowest BCUT2D eigenvalue weighted by atomic mass is 9.96. The van der Waals surface area contributed by atoms with E-state index in [0.29, 0.717) is 5.92 Å². The molecule has 21 heavy (non-hydrogen) atoms. The van der Waals surface area contributed by atoms with E-state index in [0.717, 1.165) is 61.4 Å². The Labute approximate surface area is 121 Å². The van der Waals surface area contributed by atoms with Crippen LogP contribution in [0.3, 0.4) is 0 Å². The van der Waals surface area contributed by atoms with Gasteiger partial charge in [-0.3, -0.25) is 0 Å². The molecule has 6 heteroatoms. The van der Waals surface area contributed by atoms with Crippen LogP contribution in [0.5, 0.6) is 0 Å². The van der Waals surface area contributed by atoms with Crippen LogP contribution >= 0.6 is 0 Å². The number of rotatable bonds is 3. The van der Waals surface area contributed by atoms with Crippen molar-refractivity contribution in [3.05, 3.63) is 35.0 Å². The second-order valence-electron chi connectivity index (χ2n) is 5.76. The summed E-state index contributed by atoms with van der Waals surface area (Å²) in [6.07, 6.45) is 8.19. The standard InChI is InChI=1S/C15H16N4O2/c20-15(21)12-7-8-19(18-12)14-10-3-1-2-4-11(10)16-13(17-14)9-5-6-9/h7-9H,1-6H2,(H,20,21). The first-order chi connectivity index (χ1) is 10.2. The van der Waals surface area contributed by atoms with Gasteiger partial charge in [0.2, 0.25) is 0 Å². The van der Waals surface area contributed by atoms with E-state index in [9.17, 15) is 4.79 Å². The van der Waals surface area contributed by atoms with E-state index < -0.39 is 5.97 Å². The Hall–Kier alpha value is -2.24. The summed E-state index contributed by atoms with van der Waals surface area (Å²) in [5, 5.41) is 13.2. The van der Waals surface area contributed by atoms with Crippen LogP contribution in [0, 0.1) is 0 Å². The fourth-order valence-electron chi connectivity index (χ4n) is 2.86. The van der Waals surface area contributed by atoms with Crippen LogP contribution in [0.25, 0.3) is 5.82 Å². The molecule has 0 spiro atoms. The Morgan fingerprint density at radius 3 is 2.76 bits per heavy atom. The van der Waals surface area contributed by atoms with Gasteiger partial charge >= 0.3 is 5.97 Å². The van der Waals surface area contributed by atoms with Gasteiger partial charge in [-0.1, -0.05) is 0 Å². The van der Waals surface area contributed by atoms with Gasteiger partial charge < -0.3 is 5.11 Å². The van der Waals surface area contributed by atoms with E-state index in [1.54, 1.807) is 10.9 Å². The van der Waals surface area contributed by atoms with Gasteiger partial charge in [-0.25, -0.2) is 19.4 Å². The van der Waals surface area contributed by atoms with Crippen molar-refractivity contribution in [1.29, 1.82) is 0 Å². The molecule has 2 aromatic rings. The van der Waals surface area contributed by atoms with Crippen molar-refractivity contribution < 1.29 is 9.90 Å². The minimum Gasteiger partial charge on any atom is -0.476 e. The zero-order valence-corrected chi connectivity index (χ0v) is 11.6. The quantitative estimate of drug-likeness (QED) is 0.933. The fraction of sp³-hybridized carbons (Fsp3) is 0.467. The molecule has 0 bridgehead atoms. The SMILES string of the molecule is O=C(O)c1ccn(-c2nc(C3CC3)nc3c2CCCC3)n1. The molecule has 2 aliphatic rings. The van der Waals surface area contributed by atoms with Crippen molar-refractivity contribution >= 4 is 5.97 Å². The molecule has 0 aliphatic heterocycles. The van der Waals surface area contributed by atoms with Gasteiger partial charge in [0.05, 0.1) is 0 Å². The molecule has 0 unspecified atom stereocenters. The largest absolute Gasteiger partial charge is 0.476 e. The molecule has 1 fully saturated rings. The molecule has 2 aromatic heterocycles. The summed E-state index contributed by atoms with van der Waals surface area (Å²) in [4.78, 5) is 20.4. The highest BCUT2D eigenvalue weighted by Gasteiger charge is 2.29. The molecule has 0 amide bonds. The molecule has 2 heterocycles. The first-order valence-corrected chi connectivity index (χ1v) is 7.41. The van der Waals surface area contributed by atoms with Gasteiger partial charge in [-0.05, 0) is 44.6 Å². The number of hydrogen-bond donors (Lipinski definition) is 1. The van der Waals surface area contributed by atoms with E-state index in [-0.39, 0.29) is 5.69 Å². The van der Waals surface area contributed by atoms with Crippen molar-refractivity contribution in [1.82, 2.24) is 19.7 Å². The van der Waals surface area contributed by atoms with Crippen LogP contribution in [0.15, 0.2) is 12.3 Å². The van der Waals surface area contributed by atoms with E-state index >= 15 is 0 Å². The van der Waals surface area contributed by atoms with Crippen LogP contribution in [0.1, 0.15) is 59.2 Å². The Kier molecular flexibility index (Phi) is 2.77. The molecule has 0 radical (unpaired) electrons. The number of aromatic carboxylic acids is 1. The first kappa shape index (κ1) is 12.5. The third kappa shape index (κ3) is 2.20. The highest BCUT2D eigenvalue weighted by molar-refractivity contribution is 5.85. The normalized spacial score (nSPS) is 17.5. The van der Waals surface area contributed by atoms with Crippen molar-refractivity contribution in [2.75, 3.05) is 0 Å². The van der Waals surface area contributed by atoms with Crippen LogP contribution in [0.2, 0.25) is 0 Å². The number of aromatic nitrogens is 4. The second kappa shape index (κ2) is 4.65. The summed E-state index contributed by atoms with van der Waals surface area (Å²) >= 11 is 0. The second-order valence-corrected chi connectivity index (χ2v) is 5.76. The van der Waals surface area contributed by atoms with Gasteiger partial charge in [-0.2, -0.15) is 5.10 Å². The Bertz CT molecular complexity index is 718. The highest BCUT2D eigenvalue weighted by Crippen LogP contribution is 2.39. The maximum atomic E-state index is 11.0. The zero-order chi connectivity index (χ0) is 14.4. The fourth-order valence-corrected chi connectivity index (χ4v) is 2.86. The molecule has 1 N–H and O–H groups in total. The molecular weight excluding hydrogens is 268 g/mol. The van der Waals surface area contributed by atoms with Crippen LogP contribution < -0.4 is 0 Å². The van der Waals surface area contributed by atoms with Crippen molar-refractivity contribution in [3.63, 3.8) is 0 Å². The summed E-state index contributed by atoms with van der Waals surface area (Å²) in [6.45, 7) is 0. The highest BCUT2D eigenvalue weighted by atomic mass is 16.4. The summed E-state index contributed by atoms with van der Waals surface area (Å²) < 4.78 is 1.60. The van der Waals surface area contributed by atoms with E-state index in [4.69, 9.17) is 10.1 Å². The molecular formula is C15H16N4O2. The van der Waals surface area contributed by atoms with E-state index in [1.807, 2.05) is 0 Å². The Morgan fingerprint density at radius 2 is 2.05 bits per heavy atom. The van der Waals surface area contributed by atoms with Gasteiger partial charge in [0.1, 0.15) is 5.82 Å². The van der Waals surface area contributed by atoms with E-state index in [2.05, 4.69) is 10.1 Å². The molecule has 6 nitrogen and oxygen atoms in total. The molecule has 108 valence electrons. The summed E-state index contributed by atoms with van der Waals surface area (Å²) in [7, 11) is 0. The average molecular weight is 284 g/mol. The lowest BCUT2D eigenvalue weighted by Gasteiger charge is -2.18. The van der Waals surface area contributed by atoms with Gasteiger partial charge in [0.15, 0.2) is 11.5 Å². The minimum atomic E-state index is -1.01. The van der Waals surface area contributed by atoms with Crippen molar-refractivity contribution in [2.45, 2.75) is 44.4 Å². The smallest absolute Gasteiger partial charge is 0.356 e. The topological polar surface area (TPSA) is 80.9 Å². The Morgan fingerprint density at radius 1 is 1.24 bits per heavy atom.